The molecule has 1 heterocycles. The first kappa shape index (κ1) is 12.4. The monoisotopic (exact) mass is 267 g/mol. The molecule has 1 aromatic carbocycles. The van der Waals surface area contributed by atoms with Crippen LogP contribution >= 0.6 is 11.6 Å². The Morgan fingerprint density at radius 2 is 1.94 bits per heavy atom. The summed E-state index contributed by atoms with van der Waals surface area (Å²) in [5.41, 5.74) is 6.10. The summed E-state index contributed by atoms with van der Waals surface area (Å²) in [5, 5.41) is 6.06. The Morgan fingerprint density at radius 3 is 2.61 bits per heavy atom. The molecule has 0 saturated heterocycles. The number of hydrogen-bond acceptors (Lipinski definition) is 5. The van der Waals surface area contributed by atoms with Gasteiger partial charge in [-0.15, -0.1) is 0 Å². The Morgan fingerprint density at radius 1 is 1.22 bits per heavy atom. The van der Waals surface area contributed by atoms with Gasteiger partial charge >= 0.3 is 0 Å². The highest BCUT2D eigenvalue weighted by atomic mass is 35.5. The van der Waals surface area contributed by atoms with Crippen LogP contribution in [0.2, 0.25) is 5.02 Å². The van der Waals surface area contributed by atoms with Gasteiger partial charge in [-0.25, -0.2) is 4.39 Å². The summed E-state index contributed by atoms with van der Waals surface area (Å²) in [6.07, 6.45) is 0. The molecule has 0 aliphatic rings. The smallest absolute Gasteiger partial charge is 0.223 e. The molecule has 2 aromatic rings. The average molecular weight is 268 g/mol. The van der Waals surface area contributed by atoms with Gasteiger partial charge in [0.2, 0.25) is 5.95 Å². The van der Waals surface area contributed by atoms with Gasteiger partial charge in [-0.05, 0) is 18.2 Å². The maximum Gasteiger partial charge on any atom is 0.223 e. The topological polar surface area (TPSA) is 75.9 Å². The molecule has 7 heteroatoms. The lowest BCUT2D eigenvalue weighted by atomic mass is 10.3. The van der Waals surface area contributed by atoms with Crippen LogP contribution in [0.5, 0.6) is 0 Å². The zero-order chi connectivity index (χ0) is 13.1. The molecule has 0 fully saturated rings. The van der Waals surface area contributed by atoms with Crippen molar-refractivity contribution in [3.63, 3.8) is 0 Å². The van der Waals surface area contributed by atoms with E-state index in [-0.39, 0.29) is 11.0 Å². The molecule has 0 atom stereocenters. The zero-order valence-electron chi connectivity index (χ0n) is 9.54. The molecule has 4 N–H and O–H groups in total. The van der Waals surface area contributed by atoms with Gasteiger partial charge in [0.15, 0.2) is 0 Å². The number of benzene rings is 1. The minimum Gasteiger partial charge on any atom is -0.373 e. The number of anilines is 4. The Balaban J connectivity index is 2.30. The summed E-state index contributed by atoms with van der Waals surface area (Å²) >= 11 is 5.90. The third-order valence-electron chi connectivity index (χ3n) is 2.19. The molecule has 18 heavy (non-hydrogen) atoms. The van der Waals surface area contributed by atoms with Gasteiger partial charge in [-0.2, -0.15) is 9.97 Å². The summed E-state index contributed by atoms with van der Waals surface area (Å²) < 4.78 is 12.9. The fourth-order valence-corrected chi connectivity index (χ4v) is 1.60. The summed E-state index contributed by atoms with van der Waals surface area (Å²) in [7, 11) is 1.72. The highest BCUT2D eigenvalue weighted by Crippen LogP contribution is 2.26. The zero-order valence-corrected chi connectivity index (χ0v) is 10.3. The van der Waals surface area contributed by atoms with Gasteiger partial charge < -0.3 is 16.4 Å². The Hall–Kier alpha value is -2.08. The van der Waals surface area contributed by atoms with Crippen LogP contribution in [0.15, 0.2) is 24.3 Å². The van der Waals surface area contributed by atoms with Gasteiger partial charge in [0, 0.05) is 13.1 Å². The molecule has 94 valence electrons. The van der Waals surface area contributed by atoms with Crippen LogP contribution < -0.4 is 16.4 Å². The summed E-state index contributed by atoms with van der Waals surface area (Å²) in [6, 6.07) is 5.70. The second kappa shape index (κ2) is 5.05. The van der Waals surface area contributed by atoms with Crippen LogP contribution in [-0.4, -0.2) is 17.0 Å². The van der Waals surface area contributed by atoms with Crippen molar-refractivity contribution in [2.45, 2.75) is 0 Å². The molecule has 1 aromatic heterocycles. The molecule has 2 rings (SSSR count). The minimum atomic E-state index is -0.399. The van der Waals surface area contributed by atoms with Gasteiger partial charge in [-0.1, -0.05) is 11.6 Å². The first-order valence-corrected chi connectivity index (χ1v) is 5.50. The van der Waals surface area contributed by atoms with Gasteiger partial charge in [0.25, 0.3) is 0 Å². The lowest BCUT2D eigenvalue weighted by Gasteiger charge is -2.09. The van der Waals surface area contributed by atoms with Crippen molar-refractivity contribution in [1.82, 2.24) is 9.97 Å². The summed E-state index contributed by atoms with van der Waals surface area (Å²) in [5.74, 6) is 0.773. The van der Waals surface area contributed by atoms with E-state index in [1.165, 1.54) is 18.2 Å². The van der Waals surface area contributed by atoms with Crippen LogP contribution in [0.4, 0.5) is 27.7 Å². The van der Waals surface area contributed by atoms with Crippen molar-refractivity contribution in [2.24, 2.45) is 0 Å². The first-order chi connectivity index (χ1) is 8.58. The van der Waals surface area contributed by atoms with Gasteiger partial charge in [0.1, 0.15) is 17.5 Å². The van der Waals surface area contributed by atoms with E-state index in [2.05, 4.69) is 20.6 Å². The van der Waals surface area contributed by atoms with Crippen LogP contribution in [-0.2, 0) is 0 Å². The molecule has 0 aliphatic heterocycles. The predicted octanol–water partition coefficient (Wildman–Crippen LogP) is 2.64. The number of halogens is 2. The third kappa shape index (κ3) is 2.78. The quantitative estimate of drug-likeness (QED) is 0.797. The van der Waals surface area contributed by atoms with E-state index in [1.807, 2.05) is 0 Å². The number of nitrogen functional groups attached to an aromatic ring is 1. The maximum atomic E-state index is 12.9. The third-order valence-corrected chi connectivity index (χ3v) is 2.51. The van der Waals surface area contributed by atoms with Crippen LogP contribution in [0.1, 0.15) is 0 Å². The Bertz CT molecular complexity index is 575. The number of nitrogens with one attached hydrogen (secondary N) is 2. The molecule has 0 bridgehead atoms. The summed E-state index contributed by atoms with van der Waals surface area (Å²) in [4.78, 5) is 7.96. The van der Waals surface area contributed by atoms with Crippen molar-refractivity contribution in [1.29, 1.82) is 0 Å². The second-order valence-electron chi connectivity index (χ2n) is 3.50. The van der Waals surface area contributed by atoms with Crippen molar-refractivity contribution in [3.8, 4) is 0 Å². The average Bonchev–Trinajstić information content (AvgIpc) is 2.32. The number of nitrogens with two attached hydrogens (primary N) is 1. The molecule has 0 spiro atoms. The second-order valence-corrected chi connectivity index (χ2v) is 3.90. The largest absolute Gasteiger partial charge is 0.373 e. The molecule has 0 aliphatic carbocycles. The normalized spacial score (nSPS) is 10.2. The number of nitrogens with zero attached hydrogens (tertiary/aromatic N) is 2. The Labute approximate surface area is 108 Å². The number of aromatic nitrogens is 2. The fourth-order valence-electron chi connectivity index (χ4n) is 1.39. The SMILES string of the molecule is CNc1cc(Nc2ccc(F)cc2Cl)nc(N)n1. The highest BCUT2D eigenvalue weighted by Gasteiger charge is 2.05. The van der Waals surface area contributed by atoms with E-state index >= 15 is 0 Å². The van der Waals surface area contributed by atoms with Crippen LogP contribution in [0.25, 0.3) is 0 Å². The lowest BCUT2D eigenvalue weighted by molar-refractivity contribution is 0.628. The first-order valence-electron chi connectivity index (χ1n) is 5.13. The molecule has 0 radical (unpaired) electrons. The molecular formula is C11H11ClFN5. The van der Waals surface area contributed by atoms with E-state index in [0.29, 0.717) is 17.3 Å². The lowest BCUT2D eigenvalue weighted by Crippen LogP contribution is -2.03. The molecule has 5 nitrogen and oxygen atoms in total. The molecule has 0 saturated carbocycles. The van der Waals surface area contributed by atoms with E-state index in [1.54, 1.807) is 13.1 Å². The molecular weight excluding hydrogens is 257 g/mol. The van der Waals surface area contributed by atoms with Gasteiger partial charge in [0.05, 0.1) is 10.7 Å². The minimum absolute atomic E-state index is 0.127. The highest BCUT2D eigenvalue weighted by molar-refractivity contribution is 6.33. The number of hydrogen-bond donors (Lipinski definition) is 3. The van der Waals surface area contributed by atoms with Gasteiger partial charge in [-0.3, -0.25) is 0 Å². The van der Waals surface area contributed by atoms with Crippen molar-refractivity contribution >= 4 is 34.9 Å². The molecule has 0 unspecified atom stereocenters. The fraction of sp³-hybridized carbons (Fsp3) is 0.0909. The predicted molar refractivity (Wildman–Crippen MR) is 70.7 cm³/mol. The molecule has 0 amide bonds. The van der Waals surface area contributed by atoms with E-state index < -0.39 is 5.82 Å². The van der Waals surface area contributed by atoms with Crippen molar-refractivity contribution < 1.29 is 4.39 Å². The Kier molecular flexibility index (Phi) is 3.47. The van der Waals surface area contributed by atoms with E-state index in [9.17, 15) is 4.39 Å². The standard InChI is InChI=1S/C11H11ClFN5/c1-15-9-5-10(18-11(14)17-9)16-8-3-2-6(13)4-7(8)12/h2-5H,1H3,(H4,14,15,16,17,18). The van der Waals surface area contributed by atoms with E-state index in [4.69, 9.17) is 17.3 Å². The number of rotatable bonds is 3. The van der Waals surface area contributed by atoms with Crippen molar-refractivity contribution in [2.75, 3.05) is 23.4 Å². The van der Waals surface area contributed by atoms with Crippen molar-refractivity contribution in [3.05, 3.63) is 35.1 Å². The summed E-state index contributed by atoms with van der Waals surface area (Å²) in [6.45, 7) is 0. The van der Waals surface area contributed by atoms with Crippen LogP contribution in [0, 0.1) is 5.82 Å². The maximum absolute atomic E-state index is 12.9. The van der Waals surface area contributed by atoms with Crippen LogP contribution in [0.3, 0.4) is 0 Å². The van der Waals surface area contributed by atoms with E-state index in [0.717, 1.165) is 0 Å².